The molecule has 0 spiro atoms. The highest BCUT2D eigenvalue weighted by Crippen LogP contribution is 2.21. The molecule has 1 aliphatic heterocycles. The van der Waals surface area contributed by atoms with Gasteiger partial charge >= 0.3 is 0 Å². The molecule has 0 bridgehead atoms. The van der Waals surface area contributed by atoms with Crippen molar-refractivity contribution >= 4 is 46.7 Å². The lowest BCUT2D eigenvalue weighted by atomic mass is 10.1. The number of nitrogens with zero attached hydrogens (tertiary/aromatic N) is 3. The number of aliphatic imine (C=N–C) groups is 1. The van der Waals surface area contributed by atoms with Gasteiger partial charge in [0.25, 0.3) is 0 Å². The van der Waals surface area contributed by atoms with Gasteiger partial charge in [0.1, 0.15) is 0 Å². The van der Waals surface area contributed by atoms with Crippen LogP contribution in [0.5, 0.6) is 0 Å². The maximum atomic E-state index is 14.0. The number of H-pyrrole nitrogens is 1. The van der Waals surface area contributed by atoms with Crippen LogP contribution < -0.4 is 15.5 Å². The first-order valence-electron chi connectivity index (χ1n) is 10.1. The first-order valence-corrected chi connectivity index (χ1v) is 10.1. The summed E-state index contributed by atoms with van der Waals surface area (Å²) < 4.78 is 14.0. The first-order chi connectivity index (χ1) is 14.2. The maximum absolute atomic E-state index is 14.0. The molecule has 0 radical (unpaired) electrons. The number of guanidine groups is 1. The summed E-state index contributed by atoms with van der Waals surface area (Å²) in [7, 11) is 1.78. The van der Waals surface area contributed by atoms with Crippen molar-refractivity contribution in [2.45, 2.75) is 25.3 Å². The SMILES string of the molecule is CN=C(NCCCc1c[nH]c2ccccc12)NC1CCN(c2ncccc2F)C1.I. The van der Waals surface area contributed by atoms with Gasteiger partial charge in [0.2, 0.25) is 0 Å². The van der Waals surface area contributed by atoms with E-state index in [1.807, 2.05) is 11.0 Å². The normalized spacial score (nSPS) is 16.5. The van der Waals surface area contributed by atoms with E-state index in [1.165, 1.54) is 22.5 Å². The molecule has 1 aliphatic rings. The molecular weight excluding hydrogens is 494 g/mol. The molecule has 8 heteroatoms. The second-order valence-corrected chi connectivity index (χ2v) is 7.35. The second-order valence-electron chi connectivity index (χ2n) is 7.35. The van der Waals surface area contributed by atoms with Crippen LogP contribution in [0.15, 0.2) is 53.8 Å². The number of aromatic amines is 1. The Balaban J connectivity index is 0.00000256. The van der Waals surface area contributed by atoms with Gasteiger partial charge in [-0.3, -0.25) is 4.99 Å². The van der Waals surface area contributed by atoms with Crippen LogP contribution in [0.2, 0.25) is 0 Å². The summed E-state index contributed by atoms with van der Waals surface area (Å²) in [6.45, 7) is 2.33. The van der Waals surface area contributed by atoms with Crippen molar-refractivity contribution in [1.82, 2.24) is 20.6 Å². The number of aryl methyl sites for hydroxylation is 1. The van der Waals surface area contributed by atoms with Crippen molar-refractivity contribution in [1.29, 1.82) is 0 Å². The molecule has 2 aromatic heterocycles. The number of nitrogens with one attached hydrogen (secondary N) is 3. The van der Waals surface area contributed by atoms with Crippen molar-refractivity contribution in [3.05, 3.63) is 60.2 Å². The quantitative estimate of drug-likeness (QED) is 0.200. The average molecular weight is 522 g/mol. The summed E-state index contributed by atoms with van der Waals surface area (Å²) >= 11 is 0. The zero-order valence-corrected chi connectivity index (χ0v) is 19.4. The highest BCUT2D eigenvalue weighted by Gasteiger charge is 2.25. The number of para-hydroxylation sites is 1. The highest BCUT2D eigenvalue weighted by molar-refractivity contribution is 14.0. The predicted octanol–water partition coefficient (Wildman–Crippen LogP) is 3.70. The third-order valence-electron chi connectivity index (χ3n) is 5.38. The van der Waals surface area contributed by atoms with E-state index in [1.54, 1.807) is 19.3 Å². The molecular formula is C22H28FIN6. The number of aromatic nitrogens is 2. The molecule has 3 heterocycles. The van der Waals surface area contributed by atoms with Gasteiger partial charge in [-0.25, -0.2) is 9.37 Å². The number of halogens is 2. The summed E-state index contributed by atoms with van der Waals surface area (Å²) in [5, 5.41) is 8.14. The molecule has 3 N–H and O–H groups in total. The van der Waals surface area contributed by atoms with Gasteiger partial charge < -0.3 is 20.5 Å². The van der Waals surface area contributed by atoms with Crippen LogP contribution in [0.1, 0.15) is 18.4 Å². The Morgan fingerprint density at radius 1 is 1.30 bits per heavy atom. The fraction of sp³-hybridized carbons (Fsp3) is 0.364. The number of hydrogen-bond donors (Lipinski definition) is 3. The van der Waals surface area contributed by atoms with Gasteiger partial charge in [0.05, 0.1) is 0 Å². The molecule has 1 aromatic carbocycles. The Labute approximate surface area is 193 Å². The molecule has 0 aliphatic carbocycles. The van der Waals surface area contributed by atoms with E-state index in [2.05, 4.69) is 50.0 Å². The number of benzene rings is 1. The molecule has 6 nitrogen and oxygen atoms in total. The Morgan fingerprint density at radius 2 is 2.17 bits per heavy atom. The van der Waals surface area contributed by atoms with Gasteiger partial charge in [0, 0.05) is 56.0 Å². The topological polar surface area (TPSA) is 68.3 Å². The van der Waals surface area contributed by atoms with E-state index in [0.717, 1.165) is 38.3 Å². The van der Waals surface area contributed by atoms with Crippen LogP contribution >= 0.6 is 24.0 Å². The van der Waals surface area contributed by atoms with Crippen LogP contribution in [0, 0.1) is 5.82 Å². The van der Waals surface area contributed by atoms with Crippen LogP contribution in [-0.4, -0.2) is 48.7 Å². The summed E-state index contributed by atoms with van der Waals surface area (Å²) in [5.74, 6) is 0.948. The lowest BCUT2D eigenvalue weighted by Gasteiger charge is -2.20. The van der Waals surface area contributed by atoms with Gasteiger partial charge in [-0.05, 0) is 43.0 Å². The molecule has 30 heavy (non-hydrogen) atoms. The summed E-state index contributed by atoms with van der Waals surface area (Å²) in [6.07, 6.45) is 6.67. The fourth-order valence-electron chi connectivity index (χ4n) is 3.89. The molecule has 160 valence electrons. The molecule has 1 atom stereocenters. The largest absolute Gasteiger partial charge is 0.361 e. The van der Waals surface area contributed by atoms with E-state index in [0.29, 0.717) is 12.4 Å². The van der Waals surface area contributed by atoms with Gasteiger partial charge in [-0.1, -0.05) is 18.2 Å². The minimum Gasteiger partial charge on any atom is -0.361 e. The van der Waals surface area contributed by atoms with Crippen LogP contribution in [-0.2, 0) is 6.42 Å². The standard InChI is InChI=1S/C22H27FN6.HI/c1-24-22(26-12-4-6-16-14-27-20-9-3-2-7-18(16)20)28-17-10-13-29(15-17)21-19(23)8-5-11-25-21;/h2-3,5,7-9,11,14,17,27H,4,6,10,12-13,15H2,1H3,(H2,24,26,28);1H. The van der Waals surface area contributed by atoms with Crippen molar-refractivity contribution < 1.29 is 4.39 Å². The van der Waals surface area contributed by atoms with Gasteiger partial charge in [-0.2, -0.15) is 0 Å². The van der Waals surface area contributed by atoms with Crippen LogP contribution in [0.3, 0.4) is 0 Å². The number of fused-ring (bicyclic) bond motifs is 1. The first kappa shape index (κ1) is 22.3. The number of anilines is 1. The second kappa shape index (κ2) is 10.6. The maximum Gasteiger partial charge on any atom is 0.191 e. The Bertz CT molecular complexity index is 988. The van der Waals surface area contributed by atoms with E-state index in [4.69, 9.17) is 0 Å². The molecule has 1 unspecified atom stereocenters. The van der Waals surface area contributed by atoms with Crippen LogP contribution in [0.25, 0.3) is 10.9 Å². The molecule has 1 saturated heterocycles. The lowest BCUT2D eigenvalue weighted by Crippen LogP contribution is -2.45. The Morgan fingerprint density at radius 3 is 3.00 bits per heavy atom. The number of pyridine rings is 1. The van der Waals surface area contributed by atoms with Gasteiger partial charge in [0.15, 0.2) is 17.6 Å². The van der Waals surface area contributed by atoms with Crippen molar-refractivity contribution in [2.75, 3.05) is 31.6 Å². The third kappa shape index (κ3) is 5.21. The summed E-state index contributed by atoms with van der Waals surface area (Å²) in [4.78, 5) is 13.8. The smallest absolute Gasteiger partial charge is 0.191 e. The van der Waals surface area contributed by atoms with E-state index in [9.17, 15) is 4.39 Å². The minimum atomic E-state index is -0.270. The fourth-order valence-corrected chi connectivity index (χ4v) is 3.89. The molecule has 0 saturated carbocycles. The Kier molecular flexibility index (Phi) is 7.89. The average Bonchev–Trinajstić information content (AvgIpc) is 3.38. The molecule has 3 aromatic rings. The molecule has 1 fully saturated rings. The number of rotatable bonds is 6. The third-order valence-corrected chi connectivity index (χ3v) is 5.38. The number of hydrogen-bond acceptors (Lipinski definition) is 3. The summed E-state index contributed by atoms with van der Waals surface area (Å²) in [5.41, 5.74) is 2.53. The summed E-state index contributed by atoms with van der Waals surface area (Å²) in [6, 6.07) is 11.7. The highest BCUT2D eigenvalue weighted by atomic mass is 127. The predicted molar refractivity (Wildman–Crippen MR) is 131 cm³/mol. The zero-order chi connectivity index (χ0) is 20.1. The van der Waals surface area contributed by atoms with E-state index < -0.39 is 0 Å². The van der Waals surface area contributed by atoms with Crippen molar-refractivity contribution in [3.63, 3.8) is 0 Å². The molecule has 0 amide bonds. The van der Waals surface area contributed by atoms with E-state index in [-0.39, 0.29) is 35.8 Å². The van der Waals surface area contributed by atoms with Crippen LogP contribution in [0.4, 0.5) is 10.2 Å². The minimum absolute atomic E-state index is 0. The Hall–Kier alpha value is -2.36. The van der Waals surface area contributed by atoms with Gasteiger partial charge in [-0.15, -0.1) is 24.0 Å². The molecule has 4 rings (SSSR count). The van der Waals surface area contributed by atoms with Crippen molar-refractivity contribution in [2.24, 2.45) is 4.99 Å². The zero-order valence-electron chi connectivity index (χ0n) is 17.1. The lowest BCUT2D eigenvalue weighted by molar-refractivity contribution is 0.612. The van der Waals surface area contributed by atoms with Crippen molar-refractivity contribution in [3.8, 4) is 0 Å². The monoisotopic (exact) mass is 522 g/mol. The van der Waals surface area contributed by atoms with E-state index >= 15 is 0 Å².